The zero-order valence-corrected chi connectivity index (χ0v) is 13.5. The van der Waals surface area contributed by atoms with E-state index in [0.29, 0.717) is 23.5 Å². The van der Waals surface area contributed by atoms with E-state index in [-0.39, 0.29) is 5.91 Å². The first kappa shape index (κ1) is 14.9. The second-order valence-corrected chi connectivity index (χ2v) is 6.42. The Hall–Kier alpha value is -2.69. The molecule has 0 spiro atoms. The first-order chi connectivity index (χ1) is 11.7. The normalized spacial score (nSPS) is 19.6. The maximum Gasteiger partial charge on any atom is 0.265 e. The molecule has 2 heterocycles. The molecule has 4 rings (SSSR count). The second-order valence-electron chi connectivity index (χ2n) is 6.42. The van der Waals surface area contributed by atoms with Gasteiger partial charge in [0.15, 0.2) is 6.10 Å². The molecule has 2 aliphatic rings. The topological polar surface area (TPSA) is 67.6 Å². The minimum absolute atomic E-state index is 0.115. The van der Waals surface area contributed by atoms with Crippen LogP contribution >= 0.6 is 0 Å². The molecule has 0 saturated carbocycles. The third kappa shape index (κ3) is 2.89. The fourth-order valence-corrected chi connectivity index (χ4v) is 3.33. The number of nitrogen functional groups attached to an aromatic ring is 1. The van der Waals surface area contributed by atoms with Crippen LogP contribution in [0.2, 0.25) is 0 Å². The predicted octanol–water partition coefficient (Wildman–Crippen LogP) is 2.81. The summed E-state index contributed by atoms with van der Waals surface area (Å²) in [4.78, 5) is 14.6. The lowest BCUT2D eigenvalue weighted by Gasteiger charge is -2.26. The number of ether oxygens (including phenoxy) is 1. The average Bonchev–Trinajstić information content (AvgIpc) is 3.11. The van der Waals surface area contributed by atoms with Crippen LogP contribution in [0.15, 0.2) is 42.5 Å². The standard InChI is InChI=1S/C19H21N3O2/c20-14-5-8-16-17(12-14)24-18(19(23)21-16)11-13-3-6-15(7-4-13)22-9-1-2-10-22/h3-8,12,18H,1-2,9-11,20H2,(H,21,23). The number of rotatable bonds is 3. The van der Waals surface area contributed by atoms with Crippen molar-refractivity contribution in [3.8, 4) is 5.75 Å². The van der Waals surface area contributed by atoms with Crippen molar-refractivity contribution >= 4 is 23.0 Å². The zero-order valence-electron chi connectivity index (χ0n) is 13.5. The van der Waals surface area contributed by atoms with Crippen molar-refractivity contribution in [2.45, 2.75) is 25.4 Å². The van der Waals surface area contributed by atoms with Crippen molar-refractivity contribution in [2.75, 3.05) is 29.0 Å². The van der Waals surface area contributed by atoms with Gasteiger partial charge >= 0.3 is 0 Å². The lowest BCUT2D eigenvalue weighted by atomic mass is 10.0. The van der Waals surface area contributed by atoms with Gasteiger partial charge in [0.1, 0.15) is 5.75 Å². The van der Waals surface area contributed by atoms with Crippen LogP contribution in [-0.2, 0) is 11.2 Å². The van der Waals surface area contributed by atoms with Crippen LogP contribution in [0.3, 0.4) is 0 Å². The molecule has 24 heavy (non-hydrogen) atoms. The first-order valence-corrected chi connectivity index (χ1v) is 8.40. The van der Waals surface area contributed by atoms with E-state index >= 15 is 0 Å². The molecule has 2 aromatic rings. The minimum atomic E-state index is -0.531. The summed E-state index contributed by atoms with van der Waals surface area (Å²) >= 11 is 0. The third-order valence-corrected chi connectivity index (χ3v) is 4.65. The quantitative estimate of drug-likeness (QED) is 0.852. The fourth-order valence-electron chi connectivity index (χ4n) is 3.33. The molecule has 0 radical (unpaired) electrons. The van der Waals surface area contributed by atoms with Gasteiger partial charge in [-0.15, -0.1) is 0 Å². The largest absolute Gasteiger partial charge is 0.478 e. The van der Waals surface area contributed by atoms with Crippen molar-refractivity contribution in [3.05, 3.63) is 48.0 Å². The van der Waals surface area contributed by atoms with E-state index in [4.69, 9.17) is 10.5 Å². The van der Waals surface area contributed by atoms with Crippen molar-refractivity contribution in [3.63, 3.8) is 0 Å². The number of fused-ring (bicyclic) bond motifs is 1. The predicted molar refractivity (Wildman–Crippen MR) is 95.5 cm³/mol. The summed E-state index contributed by atoms with van der Waals surface area (Å²) in [6.07, 6.45) is 2.54. The molecule has 5 nitrogen and oxygen atoms in total. The molecule has 124 valence electrons. The molecule has 0 bridgehead atoms. The Labute approximate surface area is 141 Å². The van der Waals surface area contributed by atoms with E-state index in [9.17, 15) is 4.79 Å². The van der Waals surface area contributed by atoms with Crippen LogP contribution in [0.5, 0.6) is 5.75 Å². The van der Waals surface area contributed by atoms with E-state index in [1.165, 1.54) is 18.5 Å². The third-order valence-electron chi connectivity index (χ3n) is 4.65. The molecule has 1 saturated heterocycles. The summed E-state index contributed by atoms with van der Waals surface area (Å²) in [6, 6.07) is 13.7. The highest BCUT2D eigenvalue weighted by molar-refractivity contribution is 5.98. The summed E-state index contributed by atoms with van der Waals surface area (Å²) in [5.41, 5.74) is 9.43. The highest BCUT2D eigenvalue weighted by Crippen LogP contribution is 2.32. The van der Waals surface area contributed by atoms with Gasteiger partial charge < -0.3 is 20.7 Å². The minimum Gasteiger partial charge on any atom is -0.478 e. The van der Waals surface area contributed by atoms with E-state index < -0.39 is 6.10 Å². The van der Waals surface area contributed by atoms with Crippen LogP contribution in [-0.4, -0.2) is 25.1 Å². The Morgan fingerprint density at radius 2 is 1.88 bits per heavy atom. The number of carbonyl (C=O) groups is 1. The van der Waals surface area contributed by atoms with Crippen molar-refractivity contribution in [2.24, 2.45) is 0 Å². The first-order valence-electron chi connectivity index (χ1n) is 8.40. The molecule has 1 atom stereocenters. The van der Waals surface area contributed by atoms with E-state index in [2.05, 4.69) is 34.5 Å². The Balaban J connectivity index is 1.47. The number of hydrogen-bond donors (Lipinski definition) is 2. The lowest BCUT2D eigenvalue weighted by molar-refractivity contribution is -0.123. The zero-order chi connectivity index (χ0) is 16.5. The van der Waals surface area contributed by atoms with Gasteiger partial charge in [-0.3, -0.25) is 4.79 Å². The summed E-state index contributed by atoms with van der Waals surface area (Å²) < 4.78 is 5.86. The number of carbonyl (C=O) groups excluding carboxylic acids is 1. The van der Waals surface area contributed by atoms with Gasteiger partial charge in [-0.2, -0.15) is 0 Å². The van der Waals surface area contributed by atoms with E-state index in [1.807, 2.05) is 0 Å². The molecular weight excluding hydrogens is 302 g/mol. The molecule has 1 amide bonds. The van der Waals surface area contributed by atoms with Crippen molar-refractivity contribution < 1.29 is 9.53 Å². The number of anilines is 3. The highest BCUT2D eigenvalue weighted by Gasteiger charge is 2.28. The molecule has 1 unspecified atom stereocenters. The number of nitrogens with zero attached hydrogens (tertiary/aromatic N) is 1. The second kappa shape index (κ2) is 6.07. The van der Waals surface area contributed by atoms with Crippen LogP contribution in [0.4, 0.5) is 17.1 Å². The Bertz CT molecular complexity index is 752. The van der Waals surface area contributed by atoms with Gasteiger partial charge in [0.25, 0.3) is 5.91 Å². The molecule has 2 aliphatic heterocycles. The van der Waals surface area contributed by atoms with Crippen molar-refractivity contribution in [1.29, 1.82) is 0 Å². The summed E-state index contributed by atoms with van der Waals surface area (Å²) in [6.45, 7) is 2.26. The van der Waals surface area contributed by atoms with Crippen LogP contribution in [0, 0.1) is 0 Å². The maximum absolute atomic E-state index is 12.2. The van der Waals surface area contributed by atoms with Crippen LogP contribution in [0.25, 0.3) is 0 Å². The highest BCUT2D eigenvalue weighted by atomic mass is 16.5. The lowest BCUT2D eigenvalue weighted by Crippen LogP contribution is -2.38. The fraction of sp³-hybridized carbons (Fsp3) is 0.316. The van der Waals surface area contributed by atoms with Crippen LogP contribution < -0.4 is 20.7 Å². The smallest absolute Gasteiger partial charge is 0.265 e. The molecule has 0 aliphatic carbocycles. The molecule has 1 fully saturated rings. The number of amides is 1. The maximum atomic E-state index is 12.2. The van der Waals surface area contributed by atoms with Gasteiger partial charge in [0, 0.05) is 37.0 Å². The Kier molecular flexibility index (Phi) is 3.76. The van der Waals surface area contributed by atoms with E-state index in [0.717, 1.165) is 18.7 Å². The SMILES string of the molecule is Nc1ccc2c(c1)OC(Cc1ccc(N3CCCC3)cc1)C(=O)N2. The molecule has 2 aromatic carbocycles. The van der Waals surface area contributed by atoms with Gasteiger partial charge in [-0.1, -0.05) is 12.1 Å². The monoisotopic (exact) mass is 323 g/mol. The van der Waals surface area contributed by atoms with E-state index in [1.54, 1.807) is 18.2 Å². The molecule has 5 heteroatoms. The Morgan fingerprint density at radius 1 is 1.12 bits per heavy atom. The molecule has 0 aromatic heterocycles. The average molecular weight is 323 g/mol. The summed E-state index contributed by atoms with van der Waals surface area (Å²) in [7, 11) is 0. The van der Waals surface area contributed by atoms with Gasteiger partial charge in [0.2, 0.25) is 0 Å². The number of benzene rings is 2. The summed E-state index contributed by atoms with van der Waals surface area (Å²) in [5.74, 6) is 0.518. The van der Waals surface area contributed by atoms with Crippen molar-refractivity contribution in [1.82, 2.24) is 0 Å². The van der Waals surface area contributed by atoms with Crippen LogP contribution in [0.1, 0.15) is 18.4 Å². The molecular formula is C19H21N3O2. The van der Waals surface area contributed by atoms with Gasteiger partial charge in [0.05, 0.1) is 5.69 Å². The number of hydrogen-bond acceptors (Lipinski definition) is 4. The van der Waals surface area contributed by atoms with Gasteiger partial charge in [-0.25, -0.2) is 0 Å². The Morgan fingerprint density at radius 3 is 2.62 bits per heavy atom. The number of nitrogens with two attached hydrogens (primary N) is 1. The number of nitrogens with one attached hydrogen (secondary N) is 1. The van der Waals surface area contributed by atoms with Gasteiger partial charge in [-0.05, 0) is 42.7 Å². The molecule has 3 N–H and O–H groups in total. The summed E-state index contributed by atoms with van der Waals surface area (Å²) in [5, 5.41) is 2.89.